The second-order valence-corrected chi connectivity index (χ2v) is 5.65. The van der Waals surface area contributed by atoms with E-state index in [1.807, 2.05) is 11.8 Å². The maximum atomic E-state index is 12.2. The van der Waals surface area contributed by atoms with Gasteiger partial charge in [0, 0.05) is 19.0 Å². The summed E-state index contributed by atoms with van der Waals surface area (Å²) in [5.74, 6) is 0.586. The van der Waals surface area contributed by atoms with Crippen molar-refractivity contribution < 1.29 is 4.79 Å². The Balaban J connectivity index is 2.22. The predicted molar refractivity (Wildman–Crippen MR) is 66.1 cm³/mol. The molecule has 0 N–H and O–H groups in total. The number of aromatic nitrogens is 1. The van der Waals surface area contributed by atoms with Gasteiger partial charge in [0.1, 0.15) is 4.88 Å². The van der Waals surface area contributed by atoms with Crippen molar-refractivity contribution in [3.05, 3.63) is 15.6 Å². The third kappa shape index (κ3) is 2.12. The molecule has 2 rings (SSSR count). The molecule has 0 aromatic carbocycles. The largest absolute Gasteiger partial charge is 0.338 e. The quantitative estimate of drug-likeness (QED) is 0.793. The number of hydrogen-bond acceptors (Lipinski definition) is 3. The normalized spacial score (nSPS) is 16.1. The van der Waals surface area contributed by atoms with Crippen LogP contribution in [0.3, 0.4) is 0 Å². The number of thiazole rings is 1. The zero-order valence-corrected chi connectivity index (χ0v) is 10.9. The van der Waals surface area contributed by atoms with E-state index < -0.39 is 0 Å². The summed E-state index contributed by atoms with van der Waals surface area (Å²) in [6.45, 7) is 7.98. The van der Waals surface area contributed by atoms with Crippen LogP contribution in [0, 0.1) is 6.92 Å². The molecule has 1 saturated heterocycles. The zero-order valence-electron chi connectivity index (χ0n) is 10.1. The van der Waals surface area contributed by atoms with E-state index in [-0.39, 0.29) is 5.91 Å². The Morgan fingerprint density at radius 3 is 2.50 bits per heavy atom. The highest BCUT2D eigenvalue weighted by Gasteiger charge is 2.24. The van der Waals surface area contributed by atoms with E-state index in [0.29, 0.717) is 5.92 Å². The van der Waals surface area contributed by atoms with Gasteiger partial charge in [-0.25, -0.2) is 4.98 Å². The minimum absolute atomic E-state index is 0.180. The van der Waals surface area contributed by atoms with Gasteiger partial charge in [-0.05, 0) is 19.8 Å². The Bertz CT molecular complexity index is 392. The summed E-state index contributed by atoms with van der Waals surface area (Å²) < 4.78 is 0. The third-order valence-corrected chi connectivity index (χ3v) is 4.34. The molecule has 1 aliphatic heterocycles. The van der Waals surface area contributed by atoms with Crippen LogP contribution in [0.15, 0.2) is 0 Å². The molecule has 1 fully saturated rings. The molecular formula is C12H18N2OS. The molecule has 0 bridgehead atoms. The molecule has 16 heavy (non-hydrogen) atoms. The number of nitrogens with zero attached hydrogens (tertiary/aromatic N) is 2. The third-order valence-electron chi connectivity index (χ3n) is 2.89. The van der Waals surface area contributed by atoms with Crippen LogP contribution in [-0.4, -0.2) is 28.9 Å². The van der Waals surface area contributed by atoms with Crippen molar-refractivity contribution in [2.75, 3.05) is 13.1 Å². The van der Waals surface area contributed by atoms with Crippen molar-refractivity contribution >= 4 is 17.2 Å². The van der Waals surface area contributed by atoms with E-state index >= 15 is 0 Å². The van der Waals surface area contributed by atoms with Crippen LogP contribution in [0.5, 0.6) is 0 Å². The lowest BCUT2D eigenvalue weighted by Gasteiger charge is -2.13. The minimum Gasteiger partial charge on any atom is -0.338 e. The summed E-state index contributed by atoms with van der Waals surface area (Å²) in [5, 5.41) is 1.07. The maximum absolute atomic E-state index is 12.2. The van der Waals surface area contributed by atoms with Crippen LogP contribution in [0.4, 0.5) is 0 Å². The molecule has 1 aromatic heterocycles. The van der Waals surface area contributed by atoms with Gasteiger partial charge in [-0.15, -0.1) is 11.3 Å². The first-order valence-electron chi connectivity index (χ1n) is 5.86. The van der Waals surface area contributed by atoms with E-state index in [1.165, 1.54) is 0 Å². The second kappa shape index (κ2) is 4.53. The molecule has 1 amide bonds. The Morgan fingerprint density at radius 2 is 2.00 bits per heavy atom. The minimum atomic E-state index is 0.180. The van der Waals surface area contributed by atoms with Crippen LogP contribution in [0.25, 0.3) is 0 Å². The number of carbonyl (C=O) groups excluding carboxylic acids is 1. The number of hydrogen-bond donors (Lipinski definition) is 0. The van der Waals surface area contributed by atoms with E-state index in [2.05, 4.69) is 18.8 Å². The first-order chi connectivity index (χ1) is 7.59. The van der Waals surface area contributed by atoms with Gasteiger partial charge >= 0.3 is 0 Å². The van der Waals surface area contributed by atoms with Gasteiger partial charge in [0.15, 0.2) is 0 Å². The van der Waals surface area contributed by atoms with Crippen molar-refractivity contribution in [3.8, 4) is 0 Å². The van der Waals surface area contributed by atoms with Crippen LogP contribution >= 0.6 is 11.3 Å². The average molecular weight is 238 g/mol. The molecule has 0 aliphatic carbocycles. The van der Waals surface area contributed by atoms with Crippen molar-refractivity contribution in [2.24, 2.45) is 0 Å². The van der Waals surface area contributed by atoms with Gasteiger partial charge in [0.05, 0.1) is 10.7 Å². The van der Waals surface area contributed by atoms with E-state index in [0.717, 1.165) is 41.5 Å². The lowest BCUT2D eigenvalue weighted by atomic mass is 10.2. The maximum Gasteiger partial charge on any atom is 0.265 e. The van der Waals surface area contributed by atoms with Crippen molar-refractivity contribution in [3.63, 3.8) is 0 Å². The fraction of sp³-hybridized carbons (Fsp3) is 0.667. The van der Waals surface area contributed by atoms with E-state index in [1.54, 1.807) is 11.3 Å². The Kier molecular flexibility index (Phi) is 3.28. The second-order valence-electron chi connectivity index (χ2n) is 4.62. The molecule has 0 unspecified atom stereocenters. The van der Waals surface area contributed by atoms with Crippen molar-refractivity contribution in [1.29, 1.82) is 0 Å². The first-order valence-corrected chi connectivity index (χ1v) is 6.68. The SMILES string of the molecule is Cc1nc(C(C)C)sc1C(=O)N1CCCC1. The smallest absolute Gasteiger partial charge is 0.265 e. The van der Waals surface area contributed by atoms with Gasteiger partial charge in [0.25, 0.3) is 5.91 Å². The van der Waals surface area contributed by atoms with E-state index in [9.17, 15) is 4.79 Å². The number of rotatable bonds is 2. The monoisotopic (exact) mass is 238 g/mol. The molecular weight excluding hydrogens is 220 g/mol. The van der Waals surface area contributed by atoms with Crippen LogP contribution in [0.1, 0.15) is 53.0 Å². The standard InChI is InChI=1S/C12H18N2OS/c1-8(2)11-13-9(3)10(16-11)12(15)14-6-4-5-7-14/h8H,4-7H2,1-3H3. The van der Waals surface area contributed by atoms with Gasteiger partial charge in [-0.1, -0.05) is 13.8 Å². The highest BCUT2D eigenvalue weighted by molar-refractivity contribution is 7.13. The molecule has 1 aliphatic rings. The fourth-order valence-corrected chi connectivity index (χ4v) is 2.96. The van der Waals surface area contributed by atoms with Gasteiger partial charge < -0.3 is 4.90 Å². The average Bonchev–Trinajstić information content (AvgIpc) is 2.84. The lowest BCUT2D eigenvalue weighted by Crippen LogP contribution is -2.27. The highest BCUT2D eigenvalue weighted by atomic mass is 32.1. The Labute approximate surface area is 100 Å². The summed E-state index contributed by atoms with van der Waals surface area (Å²) in [5.41, 5.74) is 0.894. The number of aryl methyl sites for hydroxylation is 1. The molecule has 0 saturated carbocycles. The zero-order chi connectivity index (χ0) is 11.7. The molecule has 0 atom stereocenters. The Morgan fingerprint density at radius 1 is 1.38 bits per heavy atom. The lowest BCUT2D eigenvalue weighted by molar-refractivity contribution is 0.0796. The van der Waals surface area contributed by atoms with Crippen molar-refractivity contribution in [1.82, 2.24) is 9.88 Å². The molecule has 4 heteroatoms. The predicted octanol–water partition coefficient (Wildman–Crippen LogP) is 2.81. The molecule has 88 valence electrons. The van der Waals surface area contributed by atoms with E-state index in [4.69, 9.17) is 0 Å². The molecule has 0 radical (unpaired) electrons. The topological polar surface area (TPSA) is 33.2 Å². The highest BCUT2D eigenvalue weighted by Crippen LogP contribution is 2.26. The molecule has 0 spiro atoms. The fourth-order valence-electron chi connectivity index (χ4n) is 1.93. The number of carbonyl (C=O) groups is 1. The summed E-state index contributed by atoms with van der Waals surface area (Å²) in [7, 11) is 0. The van der Waals surface area contributed by atoms with Gasteiger partial charge in [-0.2, -0.15) is 0 Å². The molecule has 2 heterocycles. The number of amides is 1. The summed E-state index contributed by atoms with van der Waals surface area (Å²) in [6.07, 6.45) is 2.28. The molecule has 3 nitrogen and oxygen atoms in total. The summed E-state index contributed by atoms with van der Waals surface area (Å²) in [4.78, 5) is 19.5. The summed E-state index contributed by atoms with van der Waals surface area (Å²) in [6, 6.07) is 0. The first kappa shape index (κ1) is 11.6. The number of likely N-dealkylation sites (tertiary alicyclic amines) is 1. The van der Waals surface area contributed by atoms with Crippen LogP contribution < -0.4 is 0 Å². The summed E-state index contributed by atoms with van der Waals surface area (Å²) >= 11 is 1.56. The van der Waals surface area contributed by atoms with Gasteiger partial charge in [0.2, 0.25) is 0 Å². The van der Waals surface area contributed by atoms with Crippen LogP contribution in [-0.2, 0) is 0 Å². The van der Waals surface area contributed by atoms with Crippen molar-refractivity contribution in [2.45, 2.75) is 39.5 Å². The Hall–Kier alpha value is -0.900. The molecule has 1 aromatic rings. The van der Waals surface area contributed by atoms with Gasteiger partial charge in [-0.3, -0.25) is 4.79 Å². The van der Waals surface area contributed by atoms with Crippen LogP contribution in [0.2, 0.25) is 0 Å².